The number of nitrogens with one attached hydrogen (secondary N) is 1. The lowest BCUT2D eigenvalue weighted by Crippen LogP contribution is -2.52. The van der Waals surface area contributed by atoms with Crippen LogP contribution in [0.25, 0.3) is 0 Å². The lowest BCUT2D eigenvalue weighted by atomic mass is 10.2. The van der Waals surface area contributed by atoms with E-state index in [1.54, 1.807) is 4.31 Å². The van der Waals surface area contributed by atoms with E-state index in [4.69, 9.17) is 4.74 Å². The number of hydrogen-bond acceptors (Lipinski definition) is 4. The van der Waals surface area contributed by atoms with Gasteiger partial charge in [-0.2, -0.15) is 4.31 Å². The number of hydrogen-bond donors (Lipinski definition) is 1. The van der Waals surface area contributed by atoms with Crippen LogP contribution in [-0.4, -0.2) is 56.4 Å². The van der Waals surface area contributed by atoms with Crippen LogP contribution < -0.4 is 5.32 Å². The molecule has 0 aliphatic carbocycles. The highest BCUT2D eigenvalue weighted by atomic mass is 32.2. The number of nitrogens with zero attached hydrogens (tertiary/aromatic N) is 1. The van der Waals surface area contributed by atoms with Crippen LogP contribution in [0.15, 0.2) is 0 Å². The molecular formula is C12H26N2O3S. The van der Waals surface area contributed by atoms with Gasteiger partial charge in [-0.3, -0.25) is 0 Å². The van der Waals surface area contributed by atoms with Crippen molar-refractivity contribution in [1.29, 1.82) is 0 Å². The molecule has 0 aromatic carbocycles. The Morgan fingerprint density at radius 1 is 1.44 bits per heavy atom. The molecule has 0 saturated carbocycles. The Morgan fingerprint density at radius 3 is 2.67 bits per heavy atom. The first-order valence-corrected chi connectivity index (χ1v) is 8.32. The van der Waals surface area contributed by atoms with Crippen LogP contribution in [0.4, 0.5) is 0 Å². The fraction of sp³-hybridized carbons (Fsp3) is 1.00. The van der Waals surface area contributed by atoms with Crippen molar-refractivity contribution in [2.45, 2.75) is 52.3 Å². The molecule has 6 heteroatoms. The molecule has 2 unspecified atom stereocenters. The molecule has 1 N–H and O–H groups in total. The van der Waals surface area contributed by atoms with Crippen molar-refractivity contribution >= 4 is 10.0 Å². The summed E-state index contributed by atoms with van der Waals surface area (Å²) in [6.45, 7) is 9.43. The first-order chi connectivity index (χ1) is 8.36. The van der Waals surface area contributed by atoms with Gasteiger partial charge in [0, 0.05) is 25.2 Å². The van der Waals surface area contributed by atoms with Crippen molar-refractivity contribution in [3.8, 4) is 0 Å². The molecule has 0 spiro atoms. The van der Waals surface area contributed by atoms with E-state index >= 15 is 0 Å². The van der Waals surface area contributed by atoms with Crippen LogP contribution >= 0.6 is 0 Å². The molecule has 1 saturated heterocycles. The summed E-state index contributed by atoms with van der Waals surface area (Å²) in [4.78, 5) is 0. The molecule has 0 amide bonds. The van der Waals surface area contributed by atoms with Gasteiger partial charge in [-0.1, -0.05) is 20.8 Å². The summed E-state index contributed by atoms with van der Waals surface area (Å²) in [5.41, 5.74) is 0. The second kappa shape index (κ2) is 6.84. The van der Waals surface area contributed by atoms with E-state index in [0.29, 0.717) is 25.7 Å². The predicted molar refractivity (Wildman–Crippen MR) is 73.1 cm³/mol. The predicted octanol–water partition coefficient (Wildman–Crippen LogP) is 0.814. The summed E-state index contributed by atoms with van der Waals surface area (Å²) in [7, 11) is -3.18. The summed E-state index contributed by atoms with van der Waals surface area (Å²) in [5, 5.41) is 3.15. The molecule has 1 aliphatic rings. The summed E-state index contributed by atoms with van der Waals surface area (Å²) >= 11 is 0. The number of ether oxygens (including phenoxy) is 1. The highest BCUT2D eigenvalue weighted by Gasteiger charge is 2.33. The average Bonchev–Trinajstić information content (AvgIpc) is 2.28. The quantitative estimate of drug-likeness (QED) is 0.781. The van der Waals surface area contributed by atoms with Gasteiger partial charge in [0.25, 0.3) is 0 Å². The monoisotopic (exact) mass is 278 g/mol. The van der Waals surface area contributed by atoms with Gasteiger partial charge in [-0.25, -0.2) is 8.42 Å². The average molecular weight is 278 g/mol. The van der Waals surface area contributed by atoms with E-state index in [1.165, 1.54) is 0 Å². The molecule has 108 valence electrons. The molecule has 0 aromatic heterocycles. The Morgan fingerprint density at radius 2 is 2.11 bits per heavy atom. The molecule has 2 atom stereocenters. The van der Waals surface area contributed by atoms with Gasteiger partial charge in [0.2, 0.25) is 10.0 Å². The normalized spacial score (nSPS) is 26.7. The zero-order valence-electron chi connectivity index (χ0n) is 11.8. The van der Waals surface area contributed by atoms with Gasteiger partial charge in [0.15, 0.2) is 0 Å². The van der Waals surface area contributed by atoms with Gasteiger partial charge < -0.3 is 10.1 Å². The summed E-state index contributed by atoms with van der Waals surface area (Å²) in [6.07, 6.45) is 0.782. The van der Waals surface area contributed by atoms with Crippen molar-refractivity contribution < 1.29 is 13.2 Å². The third kappa shape index (κ3) is 4.50. The topological polar surface area (TPSA) is 58.6 Å². The third-order valence-corrected chi connectivity index (χ3v) is 5.04. The fourth-order valence-electron chi connectivity index (χ4n) is 2.07. The first-order valence-electron chi connectivity index (χ1n) is 6.71. The zero-order chi connectivity index (χ0) is 13.8. The maximum Gasteiger partial charge on any atom is 0.215 e. The molecule has 1 rings (SSSR count). The lowest BCUT2D eigenvalue weighted by Gasteiger charge is -2.37. The largest absolute Gasteiger partial charge is 0.375 e. The Hall–Kier alpha value is -0.170. The smallest absolute Gasteiger partial charge is 0.215 e. The van der Waals surface area contributed by atoms with Gasteiger partial charge in [0.1, 0.15) is 0 Å². The van der Waals surface area contributed by atoms with Gasteiger partial charge in [-0.15, -0.1) is 0 Å². The summed E-state index contributed by atoms with van der Waals surface area (Å²) in [6, 6.07) is 0.302. The van der Waals surface area contributed by atoms with Crippen molar-refractivity contribution in [1.82, 2.24) is 9.62 Å². The SMILES string of the molecule is CCC1COC(C)CN1S(=O)(=O)CCNC(C)C. The van der Waals surface area contributed by atoms with E-state index in [9.17, 15) is 8.42 Å². The maximum atomic E-state index is 12.3. The van der Waals surface area contributed by atoms with Gasteiger partial charge >= 0.3 is 0 Å². The Balaban J connectivity index is 2.62. The first kappa shape index (κ1) is 15.9. The summed E-state index contributed by atoms with van der Waals surface area (Å²) in [5.74, 6) is 0.161. The maximum absolute atomic E-state index is 12.3. The lowest BCUT2D eigenvalue weighted by molar-refractivity contribution is -0.0230. The van der Waals surface area contributed by atoms with Crippen LogP contribution in [0, 0.1) is 0 Å². The highest BCUT2D eigenvalue weighted by molar-refractivity contribution is 7.89. The number of sulfonamides is 1. The van der Waals surface area contributed by atoms with Crippen LogP contribution in [-0.2, 0) is 14.8 Å². The molecule has 18 heavy (non-hydrogen) atoms. The van der Waals surface area contributed by atoms with E-state index in [-0.39, 0.29) is 17.9 Å². The Kier molecular flexibility index (Phi) is 6.04. The molecule has 0 bridgehead atoms. The molecule has 5 nitrogen and oxygen atoms in total. The van der Waals surface area contributed by atoms with Crippen molar-refractivity contribution in [3.63, 3.8) is 0 Å². The minimum Gasteiger partial charge on any atom is -0.375 e. The molecular weight excluding hydrogens is 252 g/mol. The van der Waals surface area contributed by atoms with Gasteiger partial charge in [0.05, 0.1) is 18.5 Å². The Labute approximate surface area is 111 Å². The molecule has 1 fully saturated rings. The molecule has 0 aromatic rings. The van der Waals surface area contributed by atoms with E-state index < -0.39 is 10.0 Å². The standard InChI is InChI=1S/C12H26N2O3S/c1-5-12-9-17-11(4)8-14(12)18(15,16)7-6-13-10(2)3/h10-13H,5-9H2,1-4H3. The molecule has 1 aliphatic heterocycles. The van der Waals surface area contributed by atoms with Crippen LogP contribution in [0.1, 0.15) is 34.1 Å². The van der Waals surface area contributed by atoms with E-state index in [1.807, 2.05) is 27.7 Å². The van der Waals surface area contributed by atoms with Crippen LogP contribution in [0.2, 0.25) is 0 Å². The van der Waals surface area contributed by atoms with Crippen molar-refractivity contribution in [2.24, 2.45) is 0 Å². The van der Waals surface area contributed by atoms with Crippen LogP contribution in [0.5, 0.6) is 0 Å². The number of rotatable bonds is 6. The van der Waals surface area contributed by atoms with Crippen molar-refractivity contribution in [3.05, 3.63) is 0 Å². The zero-order valence-corrected chi connectivity index (χ0v) is 12.7. The van der Waals surface area contributed by atoms with E-state index in [2.05, 4.69) is 5.32 Å². The molecule has 0 radical (unpaired) electrons. The van der Waals surface area contributed by atoms with E-state index in [0.717, 1.165) is 6.42 Å². The van der Waals surface area contributed by atoms with Gasteiger partial charge in [-0.05, 0) is 13.3 Å². The minimum absolute atomic E-state index is 0.00903. The van der Waals surface area contributed by atoms with Crippen LogP contribution in [0.3, 0.4) is 0 Å². The second-order valence-electron chi connectivity index (χ2n) is 5.20. The fourth-order valence-corrected chi connectivity index (χ4v) is 3.78. The minimum atomic E-state index is -3.18. The second-order valence-corrected chi connectivity index (χ2v) is 7.24. The number of morpholine rings is 1. The third-order valence-electron chi connectivity index (χ3n) is 3.16. The Bertz CT molecular complexity index is 343. The summed E-state index contributed by atoms with van der Waals surface area (Å²) < 4.78 is 31.8. The highest BCUT2D eigenvalue weighted by Crippen LogP contribution is 2.18. The molecule has 1 heterocycles. The van der Waals surface area contributed by atoms with Crippen molar-refractivity contribution in [2.75, 3.05) is 25.4 Å².